The minimum atomic E-state index is -0.327. The van der Waals surface area contributed by atoms with Gasteiger partial charge < -0.3 is 10.4 Å². The second-order valence-corrected chi connectivity index (χ2v) is 7.04. The summed E-state index contributed by atoms with van der Waals surface area (Å²) < 4.78 is 1.59. The molecule has 0 aliphatic carbocycles. The molecule has 0 spiro atoms. The number of nitrogens with one attached hydrogen (secondary N) is 1. The normalized spacial score (nSPS) is 10.8. The van der Waals surface area contributed by atoms with Crippen LogP contribution in [0.4, 0.5) is 5.82 Å². The molecule has 2 N–H and O–H groups in total. The number of rotatable bonds is 5. The van der Waals surface area contributed by atoms with Gasteiger partial charge >= 0.3 is 0 Å². The summed E-state index contributed by atoms with van der Waals surface area (Å²) in [6.45, 7) is 0. The molecule has 0 aliphatic rings. The van der Waals surface area contributed by atoms with E-state index in [1.54, 1.807) is 28.9 Å². The average Bonchev–Trinajstić information content (AvgIpc) is 3.36. The molecule has 0 radical (unpaired) electrons. The van der Waals surface area contributed by atoms with Crippen LogP contribution in [0.15, 0.2) is 66.0 Å². The van der Waals surface area contributed by atoms with E-state index in [0.29, 0.717) is 22.3 Å². The van der Waals surface area contributed by atoms with Crippen molar-refractivity contribution in [3.05, 3.63) is 66.0 Å². The molecule has 4 aromatic rings. The molecular formula is C20H15ClN4O2S. The molecular weight excluding hydrogens is 396 g/mol. The Balaban J connectivity index is 1.76. The number of anilines is 1. The van der Waals surface area contributed by atoms with E-state index < -0.39 is 0 Å². The lowest BCUT2D eigenvalue weighted by Gasteiger charge is -2.04. The number of nitrogens with zero attached hydrogens (tertiary/aromatic N) is 3. The number of phenolic OH excluding ortho intramolecular Hbond substituents is 1. The van der Waals surface area contributed by atoms with Crippen molar-refractivity contribution in [3.63, 3.8) is 0 Å². The molecule has 0 bridgehead atoms. The highest BCUT2D eigenvalue weighted by atomic mass is 35.5. The molecule has 0 unspecified atom stereocenters. The van der Waals surface area contributed by atoms with E-state index in [-0.39, 0.29) is 17.5 Å². The fourth-order valence-corrected chi connectivity index (χ4v) is 3.56. The summed E-state index contributed by atoms with van der Waals surface area (Å²) in [7, 11) is 0. The van der Waals surface area contributed by atoms with Gasteiger partial charge in [0.1, 0.15) is 17.4 Å². The SMILES string of the molecule is O=C(CCl)Nc1cc(-c2ccccc2)nn1-c1nc(-c2cccc(O)c2)cs1. The number of aromatic nitrogens is 3. The summed E-state index contributed by atoms with van der Waals surface area (Å²) in [4.78, 5) is 16.5. The highest BCUT2D eigenvalue weighted by Crippen LogP contribution is 2.30. The molecule has 0 saturated heterocycles. The van der Waals surface area contributed by atoms with E-state index >= 15 is 0 Å². The van der Waals surface area contributed by atoms with E-state index in [4.69, 9.17) is 11.6 Å². The van der Waals surface area contributed by atoms with Gasteiger partial charge in [-0.05, 0) is 12.1 Å². The quantitative estimate of drug-likeness (QED) is 0.473. The van der Waals surface area contributed by atoms with Gasteiger partial charge in [-0.3, -0.25) is 4.79 Å². The lowest BCUT2D eigenvalue weighted by molar-refractivity contribution is -0.114. The first kappa shape index (κ1) is 18.2. The van der Waals surface area contributed by atoms with Gasteiger partial charge in [-0.1, -0.05) is 42.5 Å². The van der Waals surface area contributed by atoms with Crippen molar-refractivity contribution in [1.29, 1.82) is 0 Å². The van der Waals surface area contributed by atoms with Crippen molar-refractivity contribution in [2.24, 2.45) is 0 Å². The second-order valence-electron chi connectivity index (χ2n) is 5.94. The van der Waals surface area contributed by atoms with Crippen molar-refractivity contribution in [2.45, 2.75) is 0 Å². The van der Waals surface area contributed by atoms with Gasteiger partial charge in [0.15, 0.2) is 0 Å². The number of alkyl halides is 1. The van der Waals surface area contributed by atoms with Gasteiger partial charge in [0.05, 0.1) is 11.4 Å². The molecule has 2 heterocycles. The Kier molecular flexibility index (Phi) is 5.10. The van der Waals surface area contributed by atoms with Gasteiger partial charge in [-0.2, -0.15) is 9.78 Å². The number of benzene rings is 2. The molecule has 6 nitrogen and oxygen atoms in total. The van der Waals surface area contributed by atoms with Crippen molar-refractivity contribution in [1.82, 2.24) is 14.8 Å². The predicted octanol–water partition coefficient (Wildman–Crippen LogP) is 4.55. The van der Waals surface area contributed by atoms with Gasteiger partial charge in [-0.25, -0.2) is 4.98 Å². The van der Waals surface area contributed by atoms with E-state index in [9.17, 15) is 9.90 Å². The molecule has 2 aromatic carbocycles. The zero-order valence-electron chi connectivity index (χ0n) is 14.5. The van der Waals surface area contributed by atoms with Crippen LogP contribution in [0.25, 0.3) is 27.6 Å². The number of hydrogen-bond acceptors (Lipinski definition) is 5. The van der Waals surface area contributed by atoms with Crippen LogP contribution in [0.2, 0.25) is 0 Å². The largest absolute Gasteiger partial charge is 0.508 e. The highest BCUT2D eigenvalue weighted by molar-refractivity contribution is 7.12. The zero-order chi connectivity index (χ0) is 19.5. The predicted molar refractivity (Wildman–Crippen MR) is 111 cm³/mol. The van der Waals surface area contributed by atoms with Gasteiger partial charge in [0.2, 0.25) is 11.0 Å². The van der Waals surface area contributed by atoms with Crippen molar-refractivity contribution in [3.8, 4) is 33.4 Å². The van der Waals surface area contributed by atoms with Gasteiger partial charge in [0.25, 0.3) is 0 Å². The number of carbonyl (C=O) groups excluding carboxylic acids is 1. The van der Waals surface area contributed by atoms with E-state index in [0.717, 1.165) is 11.1 Å². The van der Waals surface area contributed by atoms with Crippen LogP contribution in [-0.2, 0) is 4.79 Å². The molecule has 140 valence electrons. The van der Waals surface area contributed by atoms with Crippen molar-refractivity contribution < 1.29 is 9.90 Å². The Morgan fingerprint density at radius 3 is 2.61 bits per heavy atom. The lowest BCUT2D eigenvalue weighted by Crippen LogP contribution is -2.15. The maximum atomic E-state index is 11.8. The summed E-state index contributed by atoms with van der Waals surface area (Å²) in [5, 5.41) is 19.5. The van der Waals surface area contributed by atoms with Gasteiger partial charge in [-0.15, -0.1) is 22.9 Å². The fourth-order valence-electron chi connectivity index (χ4n) is 2.70. The van der Waals surface area contributed by atoms with Crippen LogP contribution in [-0.4, -0.2) is 31.7 Å². The number of halogens is 1. The van der Waals surface area contributed by atoms with Crippen LogP contribution in [0, 0.1) is 0 Å². The molecule has 1 amide bonds. The Morgan fingerprint density at radius 1 is 1.07 bits per heavy atom. The van der Waals surface area contributed by atoms with E-state index in [1.807, 2.05) is 41.8 Å². The minimum Gasteiger partial charge on any atom is -0.508 e. The van der Waals surface area contributed by atoms with Crippen LogP contribution in [0.3, 0.4) is 0 Å². The van der Waals surface area contributed by atoms with E-state index in [1.165, 1.54) is 11.3 Å². The molecule has 8 heteroatoms. The minimum absolute atomic E-state index is 0.155. The standard InChI is InChI=1S/C20H15ClN4O2S/c21-11-19(27)23-18-10-16(13-5-2-1-3-6-13)24-25(18)20-22-17(12-28-20)14-7-4-8-15(26)9-14/h1-10,12,26H,11H2,(H,23,27). The number of amides is 1. The first-order valence-corrected chi connectivity index (χ1v) is 9.82. The van der Waals surface area contributed by atoms with Crippen LogP contribution in [0.1, 0.15) is 0 Å². The number of phenols is 1. The fraction of sp³-hybridized carbons (Fsp3) is 0.0500. The summed E-state index contributed by atoms with van der Waals surface area (Å²) in [6, 6.07) is 18.3. The molecule has 0 atom stereocenters. The monoisotopic (exact) mass is 410 g/mol. The topological polar surface area (TPSA) is 80.0 Å². The molecule has 0 aliphatic heterocycles. The van der Waals surface area contributed by atoms with Crippen LogP contribution >= 0.6 is 22.9 Å². The first-order valence-electron chi connectivity index (χ1n) is 8.40. The Bertz CT molecular complexity index is 1120. The van der Waals surface area contributed by atoms with Crippen LogP contribution in [0.5, 0.6) is 5.75 Å². The lowest BCUT2D eigenvalue weighted by atomic mass is 10.2. The number of aromatic hydroxyl groups is 1. The Hall–Kier alpha value is -3.16. The maximum absolute atomic E-state index is 11.8. The molecule has 28 heavy (non-hydrogen) atoms. The number of thiazole rings is 1. The van der Waals surface area contributed by atoms with Crippen molar-refractivity contribution in [2.75, 3.05) is 11.2 Å². The smallest absolute Gasteiger partial charge is 0.240 e. The molecule has 0 saturated carbocycles. The second kappa shape index (κ2) is 7.84. The summed E-state index contributed by atoms with van der Waals surface area (Å²) in [5.74, 6) is 0.180. The summed E-state index contributed by atoms with van der Waals surface area (Å²) in [5.41, 5.74) is 3.14. The average molecular weight is 411 g/mol. The Morgan fingerprint density at radius 2 is 1.86 bits per heavy atom. The molecule has 2 aromatic heterocycles. The Labute approximate surface area is 170 Å². The van der Waals surface area contributed by atoms with Gasteiger partial charge in [0, 0.05) is 22.6 Å². The molecule has 0 fully saturated rings. The van der Waals surface area contributed by atoms with Crippen molar-refractivity contribution >= 4 is 34.7 Å². The first-order chi connectivity index (χ1) is 13.6. The number of carbonyl (C=O) groups is 1. The highest BCUT2D eigenvalue weighted by Gasteiger charge is 2.16. The zero-order valence-corrected chi connectivity index (χ0v) is 16.1. The summed E-state index contributed by atoms with van der Waals surface area (Å²) in [6.07, 6.45) is 0. The summed E-state index contributed by atoms with van der Waals surface area (Å²) >= 11 is 7.03. The molecule has 4 rings (SSSR count). The number of hydrogen-bond donors (Lipinski definition) is 2. The van der Waals surface area contributed by atoms with Crippen LogP contribution < -0.4 is 5.32 Å². The maximum Gasteiger partial charge on any atom is 0.240 e. The third-order valence-corrected chi connectivity index (χ3v) is 5.04. The third-order valence-electron chi connectivity index (χ3n) is 3.98. The third kappa shape index (κ3) is 3.76. The van der Waals surface area contributed by atoms with E-state index in [2.05, 4.69) is 15.4 Å².